The van der Waals surface area contributed by atoms with Crippen LogP contribution in [0, 0.1) is 40.4 Å². The number of carbonyl (C=O) groups is 2. The highest BCUT2D eigenvalue weighted by molar-refractivity contribution is 5.81. The van der Waals surface area contributed by atoms with Crippen molar-refractivity contribution in [3.05, 3.63) is 29.1 Å². The lowest BCUT2D eigenvalue weighted by Gasteiger charge is -2.31. The summed E-state index contributed by atoms with van der Waals surface area (Å²) in [5.74, 6) is -15.5. The van der Waals surface area contributed by atoms with Crippen LogP contribution in [0.25, 0.3) is 0 Å². The molecule has 0 saturated heterocycles. The van der Waals surface area contributed by atoms with Crippen molar-refractivity contribution in [2.75, 3.05) is 6.61 Å². The number of ether oxygens (including phenoxy) is 2. The third kappa shape index (κ3) is 4.95. The molecular weight excluding hydrogens is 375 g/mol. The van der Waals surface area contributed by atoms with Crippen LogP contribution in [0.1, 0.15) is 47.0 Å². The third-order valence-electron chi connectivity index (χ3n) is 4.50. The SMILES string of the molecule is CCCCC(C)(C(=O)OCC(=O)Oc1c(F)c(F)c(F)c(F)c1F)C(C)C. The number of hydrogen-bond acceptors (Lipinski definition) is 4. The first-order valence-corrected chi connectivity index (χ1v) is 8.36. The fourth-order valence-electron chi connectivity index (χ4n) is 2.28. The Balaban J connectivity index is 2.86. The van der Waals surface area contributed by atoms with Gasteiger partial charge in [0.1, 0.15) is 0 Å². The summed E-state index contributed by atoms with van der Waals surface area (Å²) in [6.45, 7) is 6.15. The summed E-state index contributed by atoms with van der Waals surface area (Å²) in [4.78, 5) is 24.0. The molecule has 27 heavy (non-hydrogen) atoms. The molecule has 0 heterocycles. The zero-order valence-corrected chi connectivity index (χ0v) is 15.4. The first-order chi connectivity index (χ1) is 12.5. The zero-order valence-electron chi connectivity index (χ0n) is 15.4. The third-order valence-corrected chi connectivity index (χ3v) is 4.50. The molecule has 1 atom stereocenters. The zero-order chi connectivity index (χ0) is 20.9. The summed E-state index contributed by atoms with van der Waals surface area (Å²) >= 11 is 0. The van der Waals surface area contributed by atoms with Crippen LogP contribution >= 0.6 is 0 Å². The minimum absolute atomic E-state index is 0.122. The summed E-state index contributed by atoms with van der Waals surface area (Å²) in [6, 6.07) is 0. The summed E-state index contributed by atoms with van der Waals surface area (Å²) in [5, 5.41) is 0. The van der Waals surface area contributed by atoms with E-state index in [1.807, 2.05) is 6.92 Å². The Bertz CT molecular complexity index is 691. The van der Waals surface area contributed by atoms with Gasteiger partial charge in [-0.1, -0.05) is 33.6 Å². The van der Waals surface area contributed by atoms with Gasteiger partial charge in [-0.05, 0) is 19.3 Å². The molecule has 0 fully saturated rings. The van der Waals surface area contributed by atoms with Crippen LogP contribution in [0.3, 0.4) is 0 Å². The van der Waals surface area contributed by atoms with Crippen LogP contribution in [0.15, 0.2) is 0 Å². The predicted octanol–water partition coefficient (Wildman–Crippen LogP) is 4.68. The molecule has 0 spiro atoms. The minimum Gasteiger partial charge on any atom is -0.453 e. The van der Waals surface area contributed by atoms with Crippen molar-refractivity contribution >= 4 is 11.9 Å². The highest BCUT2D eigenvalue weighted by Gasteiger charge is 2.38. The summed E-state index contributed by atoms with van der Waals surface area (Å²) in [5.41, 5.74) is -0.902. The Morgan fingerprint density at radius 2 is 1.44 bits per heavy atom. The molecule has 1 unspecified atom stereocenters. The molecule has 1 rings (SSSR count). The summed E-state index contributed by atoms with van der Waals surface area (Å²) in [6.07, 6.45) is 2.06. The van der Waals surface area contributed by atoms with E-state index in [1.165, 1.54) is 0 Å². The second-order valence-corrected chi connectivity index (χ2v) is 6.62. The Labute approximate surface area is 153 Å². The van der Waals surface area contributed by atoms with Crippen molar-refractivity contribution in [1.82, 2.24) is 0 Å². The molecule has 0 aromatic heterocycles. The number of unbranched alkanes of at least 4 members (excludes halogenated alkanes) is 1. The van der Waals surface area contributed by atoms with E-state index in [-0.39, 0.29) is 5.92 Å². The molecule has 0 N–H and O–H groups in total. The van der Waals surface area contributed by atoms with Gasteiger partial charge in [-0.15, -0.1) is 0 Å². The summed E-state index contributed by atoms with van der Waals surface area (Å²) in [7, 11) is 0. The van der Waals surface area contributed by atoms with Crippen molar-refractivity contribution in [3.8, 4) is 5.75 Å². The van der Waals surface area contributed by atoms with Gasteiger partial charge < -0.3 is 9.47 Å². The number of rotatable bonds is 8. The number of esters is 2. The maximum atomic E-state index is 13.5. The van der Waals surface area contributed by atoms with E-state index in [0.717, 1.165) is 12.8 Å². The first kappa shape index (κ1) is 22.9. The molecular formula is C18H21F5O4. The van der Waals surface area contributed by atoms with E-state index in [4.69, 9.17) is 4.74 Å². The van der Waals surface area contributed by atoms with Crippen molar-refractivity contribution in [1.29, 1.82) is 0 Å². The lowest BCUT2D eigenvalue weighted by Crippen LogP contribution is -2.36. The number of halogens is 5. The van der Waals surface area contributed by atoms with Crippen molar-refractivity contribution in [2.24, 2.45) is 11.3 Å². The van der Waals surface area contributed by atoms with Gasteiger partial charge in [0.25, 0.3) is 0 Å². The van der Waals surface area contributed by atoms with E-state index >= 15 is 0 Å². The average molecular weight is 396 g/mol. The van der Waals surface area contributed by atoms with Crippen molar-refractivity contribution in [3.63, 3.8) is 0 Å². The topological polar surface area (TPSA) is 52.6 Å². The maximum Gasteiger partial charge on any atom is 0.349 e. The molecule has 1 aromatic carbocycles. The predicted molar refractivity (Wildman–Crippen MR) is 85.3 cm³/mol. The van der Waals surface area contributed by atoms with Crippen molar-refractivity contribution in [2.45, 2.75) is 47.0 Å². The molecule has 0 aliphatic heterocycles. The highest BCUT2D eigenvalue weighted by atomic mass is 19.2. The number of carbonyl (C=O) groups excluding carboxylic acids is 2. The molecule has 0 saturated carbocycles. The molecule has 0 amide bonds. The first-order valence-electron chi connectivity index (χ1n) is 8.36. The Morgan fingerprint density at radius 3 is 1.89 bits per heavy atom. The van der Waals surface area contributed by atoms with Crippen LogP contribution < -0.4 is 4.74 Å². The lowest BCUT2D eigenvalue weighted by molar-refractivity contribution is -0.164. The molecule has 0 radical (unpaired) electrons. The van der Waals surface area contributed by atoms with E-state index in [0.29, 0.717) is 6.42 Å². The molecule has 0 aliphatic carbocycles. The maximum absolute atomic E-state index is 13.5. The van der Waals surface area contributed by atoms with E-state index < -0.39 is 58.8 Å². The number of hydrogen-bond donors (Lipinski definition) is 0. The van der Waals surface area contributed by atoms with Crippen LogP contribution in [-0.2, 0) is 14.3 Å². The van der Waals surface area contributed by atoms with Crippen LogP contribution in [0.5, 0.6) is 5.75 Å². The van der Waals surface area contributed by atoms with Crippen LogP contribution in [0.2, 0.25) is 0 Å². The van der Waals surface area contributed by atoms with Gasteiger partial charge in [-0.3, -0.25) is 4.79 Å². The number of benzene rings is 1. The fraction of sp³-hybridized carbons (Fsp3) is 0.556. The van der Waals surface area contributed by atoms with E-state index in [2.05, 4.69) is 4.74 Å². The molecule has 0 bridgehead atoms. The largest absolute Gasteiger partial charge is 0.453 e. The second kappa shape index (κ2) is 9.14. The van der Waals surface area contributed by atoms with Crippen LogP contribution in [0.4, 0.5) is 22.0 Å². The normalized spacial score (nSPS) is 13.4. The highest BCUT2D eigenvalue weighted by Crippen LogP contribution is 2.34. The van der Waals surface area contributed by atoms with Crippen molar-refractivity contribution < 1.29 is 41.0 Å². The Kier molecular flexibility index (Phi) is 7.74. The van der Waals surface area contributed by atoms with E-state index in [1.54, 1.807) is 20.8 Å². The quantitative estimate of drug-likeness (QED) is 0.210. The second-order valence-electron chi connectivity index (χ2n) is 6.62. The monoisotopic (exact) mass is 396 g/mol. The van der Waals surface area contributed by atoms with Gasteiger partial charge in [0.2, 0.25) is 34.8 Å². The smallest absolute Gasteiger partial charge is 0.349 e. The van der Waals surface area contributed by atoms with Crippen LogP contribution in [-0.4, -0.2) is 18.5 Å². The molecule has 9 heteroatoms. The average Bonchev–Trinajstić information content (AvgIpc) is 2.63. The lowest BCUT2D eigenvalue weighted by atomic mass is 9.75. The van der Waals surface area contributed by atoms with Gasteiger partial charge in [0.05, 0.1) is 5.41 Å². The summed E-state index contributed by atoms with van der Waals surface area (Å²) < 4.78 is 75.2. The molecule has 0 aliphatic rings. The Morgan fingerprint density at radius 1 is 0.963 bits per heavy atom. The van der Waals surface area contributed by atoms with Gasteiger partial charge in [-0.25, -0.2) is 18.0 Å². The van der Waals surface area contributed by atoms with Gasteiger partial charge in [-0.2, -0.15) is 8.78 Å². The van der Waals surface area contributed by atoms with Gasteiger partial charge in [0, 0.05) is 0 Å². The standard InChI is InChI=1S/C18H21F5O4/c1-5-6-7-18(4,9(2)3)17(25)26-8-10(24)27-16-14(22)12(20)11(19)13(21)15(16)23/h9H,5-8H2,1-4H3. The minimum atomic E-state index is -2.38. The fourth-order valence-corrected chi connectivity index (χ4v) is 2.28. The van der Waals surface area contributed by atoms with Gasteiger partial charge >= 0.3 is 11.9 Å². The van der Waals surface area contributed by atoms with E-state index in [9.17, 15) is 31.5 Å². The Hall–Kier alpha value is -2.19. The molecule has 152 valence electrons. The molecule has 1 aromatic rings. The molecule has 4 nitrogen and oxygen atoms in total. The van der Waals surface area contributed by atoms with Gasteiger partial charge in [0.15, 0.2) is 6.61 Å².